The van der Waals surface area contributed by atoms with Gasteiger partial charge in [0.15, 0.2) is 0 Å². The van der Waals surface area contributed by atoms with Crippen molar-refractivity contribution in [2.75, 3.05) is 20.6 Å². The molecule has 0 aromatic heterocycles. The molecule has 0 amide bonds. The van der Waals surface area contributed by atoms with Gasteiger partial charge in [-0.2, -0.15) is 0 Å². The fourth-order valence-electron chi connectivity index (χ4n) is 4.78. The van der Waals surface area contributed by atoms with E-state index in [-0.39, 0.29) is 11.9 Å². The number of nitrogens with zero attached hydrogens (tertiary/aromatic N) is 1. The van der Waals surface area contributed by atoms with E-state index in [1.54, 1.807) is 6.92 Å². The smallest absolute Gasteiger partial charge is 0.317 e. The third-order valence-corrected chi connectivity index (χ3v) is 6.82. The second-order valence-corrected chi connectivity index (χ2v) is 10.9. The molecule has 4 heteroatoms. The molecule has 2 aromatic carbocycles. The number of carbonyl (C=O) groups is 1. The van der Waals surface area contributed by atoms with Gasteiger partial charge in [-0.3, -0.25) is 4.79 Å². The van der Waals surface area contributed by atoms with Crippen LogP contribution >= 0.6 is 0 Å². The highest BCUT2D eigenvalue weighted by molar-refractivity contribution is 5.72. The summed E-state index contributed by atoms with van der Waals surface area (Å²) in [6, 6.07) is 18.6. The van der Waals surface area contributed by atoms with Crippen molar-refractivity contribution in [2.45, 2.75) is 97.8 Å². The van der Waals surface area contributed by atoms with Crippen LogP contribution in [0.3, 0.4) is 0 Å². The molecule has 2 unspecified atom stereocenters. The number of hydrogen-bond acceptors (Lipinski definition) is 3. The summed E-state index contributed by atoms with van der Waals surface area (Å²) < 4.78 is 12.3. The van der Waals surface area contributed by atoms with Gasteiger partial charge in [-0.05, 0) is 37.0 Å². The maximum Gasteiger partial charge on any atom is 0.317 e. The first kappa shape index (κ1) is 29.9. The molecule has 0 aliphatic heterocycles. The molecule has 0 fully saturated rings. The van der Waals surface area contributed by atoms with E-state index in [0.29, 0.717) is 0 Å². The highest BCUT2D eigenvalue weighted by Gasteiger charge is 2.29. The van der Waals surface area contributed by atoms with E-state index in [9.17, 15) is 4.79 Å². The second-order valence-electron chi connectivity index (χ2n) is 10.9. The summed E-state index contributed by atoms with van der Waals surface area (Å²) in [5, 5.41) is 0. The molecular weight excluding hydrogens is 446 g/mol. The number of carbonyl (C=O) groups excluding carboxylic acids is 1. The van der Waals surface area contributed by atoms with Crippen molar-refractivity contribution in [3.8, 4) is 5.75 Å². The van der Waals surface area contributed by atoms with Crippen molar-refractivity contribution in [2.24, 2.45) is 5.92 Å². The number of rotatable bonds is 18. The Morgan fingerprint density at radius 1 is 0.806 bits per heavy atom. The lowest BCUT2D eigenvalue weighted by Crippen LogP contribution is -2.45. The summed E-state index contributed by atoms with van der Waals surface area (Å²) in [5.41, 5.74) is 2.61. The second kappa shape index (κ2) is 16.4. The Morgan fingerprint density at radius 2 is 1.42 bits per heavy atom. The van der Waals surface area contributed by atoms with Gasteiger partial charge >= 0.3 is 5.97 Å². The molecule has 0 radical (unpaired) electrons. The number of unbranched alkanes of at least 4 members (excludes halogenated alkanes) is 7. The molecule has 0 aliphatic carbocycles. The van der Waals surface area contributed by atoms with Crippen LogP contribution in [0.2, 0.25) is 0 Å². The minimum absolute atomic E-state index is 0.163. The molecule has 2 rings (SSSR count). The predicted molar refractivity (Wildman–Crippen MR) is 150 cm³/mol. The summed E-state index contributed by atoms with van der Waals surface area (Å²) in [4.78, 5) is 12.9. The molecule has 2 aromatic rings. The van der Waals surface area contributed by atoms with Gasteiger partial charge in [0.25, 0.3) is 0 Å². The number of quaternary nitrogens is 1. The molecule has 4 nitrogen and oxygen atoms in total. The topological polar surface area (TPSA) is 35.5 Å². The van der Waals surface area contributed by atoms with Gasteiger partial charge in [0.1, 0.15) is 18.2 Å². The van der Waals surface area contributed by atoms with E-state index < -0.39 is 6.29 Å². The molecule has 0 saturated heterocycles. The molecule has 200 valence electrons. The van der Waals surface area contributed by atoms with Crippen molar-refractivity contribution in [1.29, 1.82) is 0 Å². The Bertz CT molecular complexity index is 847. The molecule has 0 N–H and O–H groups in total. The minimum atomic E-state index is -0.616. The first-order chi connectivity index (χ1) is 17.3. The lowest BCUT2D eigenvalue weighted by atomic mass is 10.0. The zero-order chi connectivity index (χ0) is 26.2. The van der Waals surface area contributed by atoms with Gasteiger partial charge in [-0.1, -0.05) is 101 Å². The van der Waals surface area contributed by atoms with Gasteiger partial charge < -0.3 is 14.0 Å². The zero-order valence-corrected chi connectivity index (χ0v) is 23.5. The van der Waals surface area contributed by atoms with Gasteiger partial charge in [0.05, 0.1) is 20.6 Å². The zero-order valence-electron chi connectivity index (χ0n) is 23.5. The van der Waals surface area contributed by atoms with Crippen LogP contribution in [0.5, 0.6) is 5.75 Å². The van der Waals surface area contributed by atoms with E-state index >= 15 is 0 Å². The number of ether oxygens (including phenoxy) is 2. The standard InChI is InChI=1S/C32H50NO3/c1-6-8-9-10-11-12-13-15-18-28-21-23-31(24-22-28)35-27(3)36-32(34)30(7-2)26-33(4,5)25-29-19-16-14-17-20-29/h14,16-17,19-24,27,30H,6-13,15,18,25-26H2,1-5H3/q+1. The lowest BCUT2D eigenvalue weighted by Gasteiger charge is -2.33. The first-order valence-corrected chi connectivity index (χ1v) is 14.1. The van der Waals surface area contributed by atoms with Crippen LogP contribution in [0.25, 0.3) is 0 Å². The first-order valence-electron chi connectivity index (χ1n) is 14.1. The van der Waals surface area contributed by atoms with Crippen LogP contribution < -0.4 is 4.74 Å². The average Bonchev–Trinajstić information content (AvgIpc) is 2.85. The summed E-state index contributed by atoms with van der Waals surface area (Å²) >= 11 is 0. The van der Waals surface area contributed by atoms with Crippen molar-refractivity contribution in [1.82, 2.24) is 0 Å². The van der Waals surface area contributed by atoms with Gasteiger partial charge in [-0.25, -0.2) is 0 Å². The monoisotopic (exact) mass is 496 g/mol. The van der Waals surface area contributed by atoms with Crippen LogP contribution in [-0.4, -0.2) is 37.4 Å². The van der Waals surface area contributed by atoms with E-state index in [2.05, 4.69) is 57.4 Å². The Balaban J connectivity index is 1.72. The quantitative estimate of drug-likeness (QED) is 0.0909. The summed E-state index contributed by atoms with van der Waals surface area (Å²) in [6.45, 7) is 7.71. The third-order valence-electron chi connectivity index (χ3n) is 6.82. The largest absolute Gasteiger partial charge is 0.455 e. The Morgan fingerprint density at radius 3 is 2.03 bits per heavy atom. The summed E-state index contributed by atoms with van der Waals surface area (Å²) in [5.74, 6) is 0.391. The summed E-state index contributed by atoms with van der Waals surface area (Å²) in [7, 11) is 4.33. The van der Waals surface area contributed by atoms with Crippen molar-refractivity contribution in [3.05, 3.63) is 65.7 Å². The Kier molecular flexibility index (Phi) is 13.6. The summed E-state index contributed by atoms with van der Waals surface area (Å²) in [6.07, 6.45) is 11.9. The van der Waals surface area contributed by atoms with Crippen LogP contribution in [0.15, 0.2) is 54.6 Å². The Labute approximate surface area is 220 Å². The van der Waals surface area contributed by atoms with Crippen molar-refractivity contribution < 1.29 is 18.8 Å². The molecule has 0 bridgehead atoms. The van der Waals surface area contributed by atoms with Gasteiger partial charge in [0.2, 0.25) is 6.29 Å². The number of aryl methyl sites for hydroxylation is 1. The molecule has 2 atom stereocenters. The number of benzene rings is 2. The minimum Gasteiger partial charge on any atom is -0.455 e. The van der Waals surface area contributed by atoms with Gasteiger partial charge in [-0.15, -0.1) is 0 Å². The molecule has 0 heterocycles. The van der Waals surface area contributed by atoms with E-state index in [1.165, 1.54) is 62.5 Å². The molecule has 36 heavy (non-hydrogen) atoms. The third kappa shape index (κ3) is 12.1. The molecule has 0 aliphatic rings. The lowest BCUT2D eigenvalue weighted by molar-refractivity contribution is -0.906. The van der Waals surface area contributed by atoms with Crippen LogP contribution in [-0.2, 0) is 22.5 Å². The van der Waals surface area contributed by atoms with Crippen molar-refractivity contribution >= 4 is 5.97 Å². The molecule has 0 spiro atoms. The van der Waals surface area contributed by atoms with Crippen LogP contribution in [0, 0.1) is 5.92 Å². The Hall–Kier alpha value is -2.33. The van der Waals surface area contributed by atoms with E-state index in [1.807, 2.05) is 25.1 Å². The van der Waals surface area contributed by atoms with E-state index in [0.717, 1.165) is 36.2 Å². The maximum absolute atomic E-state index is 12.9. The molecular formula is C32H50NO3+. The van der Waals surface area contributed by atoms with Crippen molar-refractivity contribution in [3.63, 3.8) is 0 Å². The number of hydrogen-bond donors (Lipinski definition) is 0. The fourth-order valence-corrected chi connectivity index (χ4v) is 4.78. The molecule has 0 saturated carbocycles. The van der Waals surface area contributed by atoms with E-state index in [4.69, 9.17) is 9.47 Å². The fraction of sp³-hybridized carbons (Fsp3) is 0.594. The van der Waals surface area contributed by atoms with Crippen LogP contribution in [0.4, 0.5) is 0 Å². The van der Waals surface area contributed by atoms with Gasteiger partial charge in [0, 0.05) is 12.5 Å². The highest BCUT2D eigenvalue weighted by Crippen LogP contribution is 2.19. The number of esters is 1. The maximum atomic E-state index is 12.9. The predicted octanol–water partition coefficient (Wildman–Crippen LogP) is 7.94. The highest BCUT2D eigenvalue weighted by atomic mass is 16.7. The average molecular weight is 497 g/mol. The normalized spacial score (nSPS) is 13.2. The SMILES string of the molecule is CCCCCCCCCCc1ccc(OC(C)OC(=O)C(CC)C[N+](C)(C)Cc2ccccc2)cc1. The van der Waals surface area contributed by atoms with Crippen LogP contribution in [0.1, 0.15) is 89.7 Å².